The predicted octanol–water partition coefficient (Wildman–Crippen LogP) is 4.50. The van der Waals surface area contributed by atoms with Crippen molar-refractivity contribution in [1.29, 1.82) is 0 Å². The van der Waals surface area contributed by atoms with Crippen LogP contribution in [0.4, 0.5) is 0 Å². The molecule has 0 spiro atoms. The van der Waals surface area contributed by atoms with Crippen LogP contribution in [-0.2, 0) is 9.53 Å². The van der Waals surface area contributed by atoms with Crippen LogP contribution in [0.3, 0.4) is 0 Å². The molecule has 0 radical (unpaired) electrons. The molecule has 1 aromatic carbocycles. The van der Waals surface area contributed by atoms with E-state index in [4.69, 9.17) is 9.84 Å². The maximum Gasteiger partial charge on any atom is 0.246 e. The minimum atomic E-state index is 0.0315. The Labute approximate surface area is 175 Å². The number of ether oxygens (including phenoxy) is 1. The average Bonchev–Trinajstić information content (AvgIpc) is 3.52. The van der Waals surface area contributed by atoms with E-state index in [1.54, 1.807) is 17.4 Å². The van der Waals surface area contributed by atoms with Gasteiger partial charge in [-0.2, -0.15) is 5.10 Å². The highest BCUT2D eigenvalue weighted by molar-refractivity contribution is 7.13. The molecular weight excluding hydrogens is 382 g/mol. The highest BCUT2D eigenvalue weighted by atomic mass is 32.1. The third-order valence-electron chi connectivity index (χ3n) is 5.12. The quantitative estimate of drug-likeness (QED) is 0.542. The topological polar surface area (TPSA) is 47.4 Å². The highest BCUT2D eigenvalue weighted by Crippen LogP contribution is 2.28. The minimum absolute atomic E-state index is 0.0315. The second-order valence-corrected chi connectivity index (χ2v) is 8.08. The van der Waals surface area contributed by atoms with Gasteiger partial charge in [0.1, 0.15) is 5.69 Å². The van der Waals surface area contributed by atoms with Crippen LogP contribution in [0.5, 0.6) is 0 Å². The normalized spacial score (nSPS) is 16.5. The third-order valence-corrected chi connectivity index (χ3v) is 6.00. The van der Waals surface area contributed by atoms with Crippen LogP contribution in [0.15, 0.2) is 60.1 Å². The third kappa shape index (κ3) is 4.66. The monoisotopic (exact) mass is 407 g/mol. The van der Waals surface area contributed by atoms with Crippen LogP contribution in [0.1, 0.15) is 18.9 Å². The van der Waals surface area contributed by atoms with E-state index in [1.165, 1.54) is 0 Å². The van der Waals surface area contributed by atoms with Crippen LogP contribution in [0.25, 0.3) is 22.3 Å². The summed E-state index contributed by atoms with van der Waals surface area (Å²) in [6.07, 6.45) is 6.57. The lowest BCUT2D eigenvalue weighted by Gasteiger charge is -2.22. The molecule has 1 amide bonds. The second kappa shape index (κ2) is 9.20. The number of likely N-dealkylation sites (N-methyl/N-ethyl adjacent to an activating group) is 1. The van der Waals surface area contributed by atoms with Crippen molar-refractivity contribution in [1.82, 2.24) is 14.7 Å². The van der Waals surface area contributed by atoms with Crippen LogP contribution >= 0.6 is 11.3 Å². The molecule has 0 aliphatic carbocycles. The molecular formula is C23H25N3O2S. The Hall–Kier alpha value is -2.70. The molecule has 3 aromatic rings. The van der Waals surface area contributed by atoms with E-state index in [9.17, 15) is 4.79 Å². The second-order valence-electron chi connectivity index (χ2n) is 7.13. The van der Waals surface area contributed by atoms with E-state index in [2.05, 4.69) is 6.07 Å². The standard InChI is InChI=1S/C23H25N3O2S/c1-2-25(15-18-12-13-28-17-18)22(27)11-10-19-16-26(20-7-4-3-5-8-20)24-23(19)21-9-6-14-29-21/h3-11,14,16,18H,2,12-13,15,17H2,1H3/b11-10+. The van der Waals surface area contributed by atoms with E-state index in [-0.39, 0.29) is 5.91 Å². The Balaban J connectivity index is 1.58. The molecule has 0 saturated carbocycles. The molecule has 1 atom stereocenters. The summed E-state index contributed by atoms with van der Waals surface area (Å²) in [7, 11) is 0. The number of amides is 1. The van der Waals surface area contributed by atoms with Crippen molar-refractivity contribution < 1.29 is 9.53 Å². The van der Waals surface area contributed by atoms with Gasteiger partial charge in [-0.05, 0) is 43.0 Å². The van der Waals surface area contributed by atoms with Crippen molar-refractivity contribution in [3.05, 3.63) is 65.7 Å². The summed E-state index contributed by atoms with van der Waals surface area (Å²) in [4.78, 5) is 15.8. The molecule has 0 N–H and O–H groups in total. The maximum absolute atomic E-state index is 12.8. The van der Waals surface area contributed by atoms with Crippen LogP contribution in [-0.4, -0.2) is 46.9 Å². The van der Waals surface area contributed by atoms with Crippen LogP contribution in [0.2, 0.25) is 0 Å². The van der Waals surface area contributed by atoms with E-state index in [1.807, 2.05) is 70.6 Å². The van der Waals surface area contributed by atoms with Crippen molar-refractivity contribution in [2.24, 2.45) is 5.92 Å². The predicted molar refractivity (Wildman–Crippen MR) is 117 cm³/mol. The summed E-state index contributed by atoms with van der Waals surface area (Å²) in [6, 6.07) is 14.1. The summed E-state index contributed by atoms with van der Waals surface area (Å²) in [5.41, 5.74) is 2.82. The van der Waals surface area contributed by atoms with Gasteiger partial charge in [-0.15, -0.1) is 11.3 Å². The number of carbonyl (C=O) groups is 1. The fourth-order valence-corrected chi connectivity index (χ4v) is 4.24. The molecule has 3 heterocycles. The largest absolute Gasteiger partial charge is 0.381 e. The Morgan fingerprint density at radius 3 is 2.86 bits per heavy atom. The van der Waals surface area contributed by atoms with Crippen molar-refractivity contribution in [3.63, 3.8) is 0 Å². The van der Waals surface area contributed by atoms with E-state index in [0.29, 0.717) is 12.5 Å². The first-order valence-electron chi connectivity index (χ1n) is 9.98. The fraction of sp³-hybridized carbons (Fsp3) is 0.304. The molecule has 6 heteroatoms. The summed E-state index contributed by atoms with van der Waals surface area (Å²) >= 11 is 1.65. The molecule has 0 bridgehead atoms. The number of hydrogen-bond donors (Lipinski definition) is 0. The van der Waals surface area contributed by atoms with Gasteiger partial charge in [-0.3, -0.25) is 4.79 Å². The van der Waals surface area contributed by atoms with Crippen LogP contribution in [0, 0.1) is 5.92 Å². The van der Waals surface area contributed by atoms with Gasteiger partial charge < -0.3 is 9.64 Å². The average molecular weight is 408 g/mol. The first kappa shape index (κ1) is 19.6. The number of para-hydroxylation sites is 1. The van der Waals surface area contributed by atoms with E-state index < -0.39 is 0 Å². The van der Waals surface area contributed by atoms with Gasteiger partial charge in [-0.1, -0.05) is 24.3 Å². The Bertz CT molecular complexity index is 957. The summed E-state index contributed by atoms with van der Waals surface area (Å²) in [5.74, 6) is 0.471. The number of nitrogens with zero attached hydrogens (tertiary/aromatic N) is 3. The highest BCUT2D eigenvalue weighted by Gasteiger charge is 2.20. The van der Waals surface area contributed by atoms with E-state index in [0.717, 1.165) is 48.0 Å². The van der Waals surface area contributed by atoms with Gasteiger partial charge in [0.05, 0.1) is 17.2 Å². The fourth-order valence-electron chi connectivity index (χ4n) is 3.51. The number of carbonyl (C=O) groups excluding carboxylic acids is 1. The number of benzene rings is 1. The molecule has 1 aliphatic rings. The van der Waals surface area contributed by atoms with Crippen molar-refractivity contribution in [3.8, 4) is 16.3 Å². The Kier molecular flexibility index (Phi) is 6.22. The molecule has 29 heavy (non-hydrogen) atoms. The molecule has 5 nitrogen and oxygen atoms in total. The maximum atomic E-state index is 12.8. The summed E-state index contributed by atoms with van der Waals surface area (Å²) < 4.78 is 7.32. The van der Waals surface area contributed by atoms with Gasteiger partial charge in [0.25, 0.3) is 0 Å². The SMILES string of the molecule is CCN(CC1CCOC1)C(=O)/C=C/c1cn(-c2ccccc2)nc1-c1cccs1. The summed E-state index contributed by atoms with van der Waals surface area (Å²) in [6.45, 7) is 5.02. The lowest BCUT2D eigenvalue weighted by atomic mass is 10.1. The number of thiophene rings is 1. The lowest BCUT2D eigenvalue weighted by Crippen LogP contribution is -2.34. The molecule has 4 rings (SSSR count). The zero-order chi connectivity index (χ0) is 20.1. The Morgan fingerprint density at radius 1 is 1.31 bits per heavy atom. The van der Waals surface area contributed by atoms with E-state index >= 15 is 0 Å². The van der Waals surface area contributed by atoms with Gasteiger partial charge in [0, 0.05) is 43.5 Å². The zero-order valence-corrected chi connectivity index (χ0v) is 17.3. The molecule has 2 aromatic heterocycles. The molecule has 1 fully saturated rings. The lowest BCUT2D eigenvalue weighted by molar-refractivity contribution is -0.126. The smallest absolute Gasteiger partial charge is 0.246 e. The molecule has 150 valence electrons. The minimum Gasteiger partial charge on any atom is -0.381 e. The van der Waals surface area contributed by atoms with Gasteiger partial charge in [-0.25, -0.2) is 4.68 Å². The number of aromatic nitrogens is 2. The zero-order valence-electron chi connectivity index (χ0n) is 16.5. The van der Waals surface area contributed by atoms with Crippen molar-refractivity contribution in [2.45, 2.75) is 13.3 Å². The number of hydrogen-bond acceptors (Lipinski definition) is 4. The van der Waals surface area contributed by atoms with Crippen molar-refractivity contribution in [2.75, 3.05) is 26.3 Å². The van der Waals surface area contributed by atoms with Gasteiger partial charge in [0.2, 0.25) is 5.91 Å². The van der Waals surface area contributed by atoms with Gasteiger partial charge in [0.15, 0.2) is 0 Å². The molecule has 1 aliphatic heterocycles. The van der Waals surface area contributed by atoms with Crippen molar-refractivity contribution >= 4 is 23.3 Å². The first-order valence-corrected chi connectivity index (χ1v) is 10.9. The summed E-state index contributed by atoms with van der Waals surface area (Å²) in [5, 5.41) is 6.82. The van der Waals surface area contributed by atoms with Crippen LogP contribution < -0.4 is 0 Å². The first-order chi connectivity index (χ1) is 14.2. The van der Waals surface area contributed by atoms with Gasteiger partial charge >= 0.3 is 0 Å². The number of rotatable bonds is 7. The Morgan fingerprint density at radius 2 is 2.17 bits per heavy atom. The molecule has 1 saturated heterocycles. The molecule has 1 unspecified atom stereocenters.